The minimum atomic E-state index is -0.155. The maximum atomic E-state index is 11.6. The summed E-state index contributed by atoms with van der Waals surface area (Å²) in [6, 6.07) is 3.98. The minimum Gasteiger partial charge on any atom is -0.466 e. The highest BCUT2D eigenvalue weighted by Crippen LogP contribution is 2.28. The van der Waals surface area contributed by atoms with Crippen molar-refractivity contribution in [2.75, 3.05) is 6.61 Å². The molecule has 0 aliphatic carbocycles. The lowest BCUT2D eigenvalue weighted by molar-refractivity contribution is -0.143. The van der Waals surface area contributed by atoms with Crippen LogP contribution in [-0.2, 0) is 9.53 Å². The highest BCUT2D eigenvalue weighted by atomic mass is 16.5. The first-order valence-electron chi connectivity index (χ1n) is 6.08. The Morgan fingerprint density at radius 1 is 1.59 bits per heavy atom. The van der Waals surface area contributed by atoms with Gasteiger partial charge in [0.05, 0.1) is 12.3 Å². The van der Waals surface area contributed by atoms with Crippen LogP contribution in [0.5, 0.6) is 0 Å². The van der Waals surface area contributed by atoms with E-state index in [1.807, 2.05) is 22.9 Å². The Kier molecular flexibility index (Phi) is 3.61. The van der Waals surface area contributed by atoms with Crippen LogP contribution in [-0.4, -0.2) is 22.9 Å². The normalized spacial score (nSPS) is 18.9. The molecule has 0 saturated heterocycles. The second-order valence-electron chi connectivity index (χ2n) is 4.26. The summed E-state index contributed by atoms with van der Waals surface area (Å²) in [5, 5.41) is 0. The number of esters is 1. The van der Waals surface area contributed by atoms with E-state index < -0.39 is 0 Å². The van der Waals surface area contributed by atoms with E-state index in [0.717, 1.165) is 18.5 Å². The zero-order chi connectivity index (χ0) is 12.3. The number of carbonyl (C=O) groups is 2. The Hall–Kier alpha value is -1.58. The van der Waals surface area contributed by atoms with Crippen LogP contribution in [0, 0.1) is 0 Å². The third-order valence-corrected chi connectivity index (χ3v) is 3.15. The summed E-state index contributed by atoms with van der Waals surface area (Å²) in [6.45, 7) is 2.23. The van der Waals surface area contributed by atoms with Crippen molar-refractivity contribution in [3.8, 4) is 0 Å². The first-order chi connectivity index (χ1) is 8.22. The number of nitrogens with zero attached hydrogens (tertiary/aromatic N) is 1. The van der Waals surface area contributed by atoms with Crippen molar-refractivity contribution >= 4 is 11.8 Å². The van der Waals surface area contributed by atoms with Gasteiger partial charge in [-0.05, 0) is 31.9 Å². The van der Waals surface area contributed by atoms with Gasteiger partial charge in [-0.15, -0.1) is 0 Å². The Morgan fingerprint density at radius 3 is 3.18 bits per heavy atom. The second-order valence-corrected chi connectivity index (χ2v) is 4.26. The number of carbonyl (C=O) groups excluding carboxylic acids is 2. The molecule has 0 spiro atoms. The Morgan fingerprint density at radius 2 is 2.41 bits per heavy atom. The molecule has 0 N–H and O–H groups in total. The average Bonchev–Trinajstić information content (AvgIpc) is 2.78. The summed E-state index contributed by atoms with van der Waals surface area (Å²) in [5.74, 6) is 0.0421. The first-order valence-corrected chi connectivity index (χ1v) is 6.08. The van der Waals surface area contributed by atoms with Gasteiger partial charge in [-0.25, -0.2) is 0 Å². The van der Waals surface area contributed by atoms with E-state index >= 15 is 0 Å². The summed E-state index contributed by atoms with van der Waals surface area (Å²) >= 11 is 0. The lowest BCUT2D eigenvalue weighted by Crippen LogP contribution is -2.22. The number of ether oxygens (including phenoxy) is 1. The van der Waals surface area contributed by atoms with Gasteiger partial charge in [-0.1, -0.05) is 0 Å². The van der Waals surface area contributed by atoms with Crippen LogP contribution in [0.1, 0.15) is 49.1 Å². The molecule has 1 aliphatic heterocycles. The van der Waals surface area contributed by atoms with Gasteiger partial charge < -0.3 is 9.30 Å². The molecule has 0 amide bonds. The Bertz CT molecular complexity index is 422. The van der Waals surface area contributed by atoms with Gasteiger partial charge in [0.25, 0.3) is 0 Å². The minimum absolute atomic E-state index is 0.155. The van der Waals surface area contributed by atoms with E-state index in [4.69, 9.17) is 4.74 Å². The fourth-order valence-electron chi connectivity index (χ4n) is 2.31. The molecule has 4 heteroatoms. The number of hydrogen-bond acceptors (Lipinski definition) is 3. The molecule has 1 atom stereocenters. The van der Waals surface area contributed by atoms with E-state index in [1.165, 1.54) is 0 Å². The molecule has 4 nitrogen and oxygen atoms in total. The van der Waals surface area contributed by atoms with Crippen molar-refractivity contribution in [3.05, 3.63) is 24.0 Å². The molecule has 1 unspecified atom stereocenters. The maximum absolute atomic E-state index is 11.6. The largest absolute Gasteiger partial charge is 0.466 e. The number of rotatable bonds is 4. The highest BCUT2D eigenvalue weighted by molar-refractivity contribution is 5.95. The van der Waals surface area contributed by atoms with E-state index in [9.17, 15) is 9.59 Å². The molecule has 2 heterocycles. The van der Waals surface area contributed by atoms with Crippen molar-refractivity contribution in [1.82, 2.24) is 4.57 Å². The molecular formula is C13H17NO3. The lowest BCUT2D eigenvalue weighted by atomic mass is 9.98. The lowest BCUT2D eigenvalue weighted by Gasteiger charge is -2.25. The van der Waals surface area contributed by atoms with Crippen molar-refractivity contribution in [2.24, 2.45) is 0 Å². The third-order valence-electron chi connectivity index (χ3n) is 3.15. The molecule has 1 aliphatic rings. The standard InChI is InChI=1S/C13H17NO3/c1-2-17-13(16)8-6-10-5-7-12(15)11-4-3-9-14(10)11/h3-4,9-10H,2,5-8H2,1H3. The Labute approximate surface area is 101 Å². The van der Waals surface area contributed by atoms with Crippen LogP contribution < -0.4 is 0 Å². The number of ketones is 1. The summed E-state index contributed by atoms with van der Waals surface area (Å²) in [5.41, 5.74) is 0.769. The summed E-state index contributed by atoms with van der Waals surface area (Å²) in [6.07, 6.45) is 4.48. The molecule has 92 valence electrons. The van der Waals surface area contributed by atoms with Gasteiger partial charge in [0, 0.05) is 25.1 Å². The van der Waals surface area contributed by atoms with Crippen LogP contribution in [0.25, 0.3) is 0 Å². The van der Waals surface area contributed by atoms with Gasteiger partial charge in [0.15, 0.2) is 5.78 Å². The molecule has 0 radical (unpaired) electrons. The number of Topliss-reactive ketones (excluding diaryl/α,β-unsaturated/α-hetero) is 1. The number of fused-ring (bicyclic) bond motifs is 1. The van der Waals surface area contributed by atoms with Crippen molar-refractivity contribution in [2.45, 2.75) is 38.6 Å². The van der Waals surface area contributed by atoms with Crippen LogP contribution in [0.2, 0.25) is 0 Å². The molecule has 2 rings (SSSR count). The third kappa shape index (κ3) is 2.57. The monoisotopic (exact) mass is 235 g/mol. The predicted molar refractivity (Wildman–Crippen MR) is 62.9 cm³/mol. The SMILES string of the molecule is CCOC(=O)CCC1CCC(=O)c2cccn21. The van der Waals surface area contributed by atoms with Gasteiger partial charge >= 0.3 is 5.97 Å². The quantitative estimate of drug-likeness (QED) is 0.753. The fourth-order valence-corrected chi connectivity index (χ4v) is 2.31. The van der Waals surface area contributed by atoms with E-state index in [-0.39, 0.29) is 17.8 Å². The summed E-state index contributed by atoms with van der Waals surface area (Å²) in [4.78, 5) is 22.9. The number of aromatic nitrogens is 1. The van der Waals surface area contributed by atoms with E-state index in [2.05, 4.69) is 0 Å². The van der Waals surface area contributed by atoms with Gasteiger partial charge in [0.2, 0.25) is 0 Å². The second kappa shape index (κ2) is 5.17. The smallest absolute Gasteiger partial charge is 0.305 e. The molecule has 0 aromatic carbocycles. The van der Waals surface area contributed by atoms with E-state index in [0.29, 0.717) is 19.4 Å². The van der Waals surface area contributed by atoms with Crippen molar-refractivity contribution in [3.63, 3.8) is 0 Å². The zero-order valence-electron chi connectivity index (χ0n) is 10.0. The highest BCUT2D eigenvalue weighted by Gasteiger charge is 2.24. The molecular weight excluding hydrogens is 218 g/mol. The van der Waals surface area contributed by atoms with Crippen LogP contribution in [0.15, 0.2) is 18.3 Å². The van der Waals surface area contributed by atoms with Crippen molar-refractivity contribution in [1.29, 1.82) is 0 Å². The summed E-state index contributed by atoms with van der Waals surface area (Å²) < 4.78 is 6.90. The maximum Gasteiger partial charge on any atom is 0.305 e. The van der Waals surface area contributed by atoms with Crippen molar-refractivity contribution < 1.29 is 14.3 Å². The van der Waals surface area contributed by atoms with Crippen LogP contribution in [0.3, 0.4) is 0 Å². The molecule has 1 aromatic heterocycles. The topological polar surface area (TPSA) is 48.3 Å². The average molecular weight is 235 g/mol. The van der Waals surface area contributed by atoms with Gasteiger partial charge in [0.1, 0.15) is 0 Å². The first kappa shape index (κ1) is 11.9. The van der Waals surface area contributed by atoms with E-state index in [1.54, 1.807) is 6.92 Å². The molecule has 17 heavy (non-hydrogen) atoms. The fraction of sp³-hybridized carbons (Fsp3) is 0.538. The molecule has 0 fully saturated rings. The van der Waals surface area contributed by atoms with Gasteiger partial charge in [-0.3, -0.25) is 9.59 Å². The number of hydrogen-bond donors (Lipinski definition) is 0. The molecule has 1 aromatic rings. The molecule has 0 bridgehead atoms. The van der Waals surface area contributed by atoms with Gasteiger partial charge in [-0.2, -0.15) is 0 Å². The van der Waals surface area contributed by atoms with Crippen LogP contribution in [0.4, 0.5) is 0 Å². The molecule has 0 saturated carbocycles. The predicted octanol–water partition coefficient (Wildman–Crippen LogP) is 2.35. The Balaban J connectivity index is 1.98. The summed E-state index contributed by atoms with van der Waals surface area (Å²) in [7, 11) is 0. The zero-order valence-corrected chi connectivity index (χ0v) is 10.0. The van der Waals surface area contributed by atoms with Crippen LogP contribution >= 0.6 is 0 Å².